The summed E-state index contributed by atoms with van der Waals surface area (Å²) >= 11 is 0. The van der Waals surface area contributed by atoms with Gasteiger partial charge >= 0.3 is 11.9 Å². The van der Waals surface area contributed by atoms with Crippen LogP contribution >= 0.6 is 0 Å². The molecule has 2 N–H and O–H groups in total. The molecule has 6 saturated heterocycles. The van der Waals surface area contributed by atoms with Gasteiger partial charge in [-0.15, -0.1) is 0 Å². The molecule has 14 atom stereocenters. The maximum Gasteiger partial charge on any atom is 0.311 e. The van der Waals surface area contributed by atoms with Gasteiger partial charge in [-0.3, -0.25) is 19.2 Å². The average molecular weight is 561 g/mol. The Balaban J connectivity index is 1.33. The van der Waals surface area contributed by atoms with Crippen molar-refractivity contribution in [2.75, 3.05) is 0 Å². The minimum absolute atomic E-state index is 0.0663. The fraction of sp³-hybridized carbons (Fsp3) is 0.862. The van der Waals surface area contributed by atoms with E-state index < -0.39 is 105 Å². The summed E-state index contributed by atoms with van der Waals surface area (Å²) in [6.45, 7) is 8.62. The van der Waals surface area contributed by atoms with E-state index in [1.54, 1.807) is 13.8 Å². The fourth-order valence-electron chi connectivity index (χ4n) is 10.8. The number of carbonyl (C=O) groups excluding carboxylic acids is 4. The molecule has 8 aliphatic rings. The predicted octanol–water partition coefficient (Wildman–Crippen LogP) is 0.598. The van der Waals surface area contributed by atoms with Gasteiger partial charge < -0.3 is 33.9 Å². The van der Waals surface area contributed by atoms with Crippen molar-refractivity contribution in [3.63, 3.8) is 0 Å². The Kier molecular flexibility index (Phi) is 4.50. The zero-order chi connectivity index (χ0) is 28.6. The highest BCUT2D eigenvalue weighted by Gasteiger charge is 2.85. The molecule has 2 saturated carbocycles. The Labute approximate surface area is 231 Å². The molecule has 0 radical (unpaired) electrons. The second-order valence-electron chi connectivity index (χ2n) is 14.7. The SMILES string of the molecule is C[C@H]1C(=O)O[C@H]2[C@H]1O[C@@]13O[C@]4(CC[C@@]5(C)C(=O)[C@@](C)(O)[C@@H]2[C@H]15)C[C@@]12OC(=O)C[C@@H]1OC(C)(C)[C@H]2C[C@@H](O)[C@@H]4C3=O. The summed E-state index contributed by atoms with van der Waals surface area (Å²) in [5.74, 6) is -7.87. The van der Waals surface area contributed by atoms with Gasteiger partial charge in [0.15, 0.2) is 5.78 Å². The summed E-state index contributed by atoms with van der Waals surface area (Å²) < 4.78 is 31.7. The standard InChI is InChI=1S/C29H36O11/c1-11-18-19(36-22(11)33)17-20-25(4,23(34)26(17,5)35)6-7-27-10-28-13(24(2,3)37-14(28)9-15(31)38-28)8-12(30)16(27)21(32)29(20,39-18)40-27/h11-14,16-20,30,35H,6-10H2,1-5H3/t11-,12-,13-,14+,16-,17+,18+,19-,20+,25-,26+,27-,28+,29-/m1/s1. The summed E-state index contributed by atoms with van der Waals surface area (Å²) in [6, 6.07) is 0. The van der Waals surface area contributed by atoms with Crippen molar-refractivity contribution in [3.8, 4) is 0 Å². The first kappa shape index (κ1) is 25.8. The number of carbonyl (C=O) groups is 4. The molecular formula is C29H36O11. The number of ketones is 2. The lowest BCUT2D eigenvalue weighted by molar-refractivity contribution is -0.336. The third kappa shape index (κ3) is 2.55. The lowest BCUT2D eigenvalue weighted by Gasteiger charge is -2.50. The summed E-state index contributed by atoms with van der Waals surface area (Å²) in [4.78, 5) is 54.3. The monoisotopic (exact) mass is 560 g/mol. The van der Waals surface area contributed by atoms with E-state index in [1.165, 1.54) is 6.92 Å². The maximum atomic E-state index is 14.8. The number of aliphatic hydroxyl groups is 2. The van der Waals surface area contributed by atoms with Gasteiger partial charge in [0, 0.05) is 29.6 Å². The highest BCUT2D eigenvalue weighted by atomic mass is 16.7. The highest BCUT2D eigenvalue weighted by molar-refractivity contribution is 6.00. The lowest BCUT2D eigenvalue weighted by Crippen LogP contribution is -2.65. The lowest BCUT2D eigenvalue weighted by atomic mass is 9.60. The van der Waals surface area contributed by atoms with Gasteiger partial charge in [0.05, 0.1) is 35.6 Å². The van der Waals surface area contributed by atoms with Crippen LogP contribution in [0.1, 0.15) is 66.7 Å². The molecule has 8 fully saturated rings. The molecular weight excluding hydrogens is 524 g/mol. The molecule has 0 aromatic carbocycles. The predicted molar refractivity (Wildman–Crippen MR) is 130 cm³/mol. The Morgan fingerprint density at radius 3 is 2.42 bits per heavy atom. The van der Waals surface area contributed by atoms with Crippen molar-refractivity contribution in [1.82, 2.24) is 0 Å². The van der Waals surface area contributed by atoms with E-state index in [1.807, 2.05) is 13.8 Å². The van der Waals surface area contributed by atoms with Gasteiger partial charge in [-0.25, -0.2) is 0 Å². The summed E-state index contributed by atoms with van der Waals surface area (Å²) in [6.07, 6.45) is -2.79. The fourth-order valence-corrected chi connectivity index (χ4v) is 10.8. The molecule has 2 aliphatic carbocycles. The normalized spacial score (nSPS) is 60.6. The van der Waals surface area contributed by atoms with Crippen LogP contribution in [-0.4, -0.2) is 86.3 Å². The minimum Gasteiger partial charge on any atom is -0.459 e. The van der Waals surface area contributed by atoms with E-state index >= 15 is 0 Å². The largest absolute Gasteiger partial charge is 0.459 e. The Morgan fingerprint density at radius 1 is 0.975 bits per heavy atom. The molecule has 40 heavy (non-hydrogen) atoms. The van der Waals surface area contributed by atoms with Crippen LogP contribution in [0.5, 0.6) is 0 Å². The van der Waals surface area contributed by atoms with E-state index in [-0.39, 0.29) is 38.0 Å². The Morgan fingerprint density at radius 2 is 1.70 bits per heavy atom. The summed E-state index contributed by atoms with van der Waals surface area (Å²) in [5, 5.41) is 23.5. The topological polar surface area (TPSA) is 155 Å². The Bertz CT molecular complexity index is 1290. The summed E-state index contributed by atoms with van der Waals surface area (Å²) in [5.41, 5.74) is -6.27. The van der Waals surface area contributed by atoms with E-state index in [2.05, 4.69) is 0 Å². The molecule has 11 nitrogen and oxygen atoms in total. The van der Waals surface area contributed by atoms with Gasteiger partial charge in [0.25, 0.3) is 0 Å². The number of fused-ring (bicyclic) bond motifs is 2. The zero-order valence-corrected chi connectivity index (χ0v) is 23.3. The third-order valence-electron chi connectivity index (χ3n) is 12.3. The van der Waals surface area contributed by atoms with Crippen LogP contribution in [0.25, 0.3) is 0 Å². The van der Waals surface area contributed by atoms with Gasteiger partial charge in [-0.1, -0.05) is 6.92 Å². The van der Waals surface area contributed by atoms with Crippen molar-refractivity contribution >= 4 is 23.5 Å². The molecule has 0 aromatic heterocycles. The first-order valence-corrected chi connectivity index (χ1v) is 14.5. The number of hydrogen-bond acceptors (Lipinski definition) is 11. The van der Waals surface area contributed by atoms with E-state index in [4.69, 9.17) is 23.7 Å². The third-order valence-corrected chi connectivity index (χ3v) is 12.3. The minimum atomic E-state index is -1.99. The summed E-state index contributed by atoms with van der Waals surface area (Å²) in [7, 11) is 0. The molecule has 0 unspecified atom stereocenters. The number of hydrogen-bond donors (Lipinski definition) is 2. The first-order chi connectivity index (χ1) is 18.5. The van der Waals surface area contributed by atoms with Crippen molar-refractivity contribution in [3.05, 3.63) is 0 Å². The smallest absolute Gasteiger partial charge is 0.311 e. The first-order valence-electron chi connectivity index (χ1n) is 14.5. The molecule has 218 valence electrons. The van der Waals surface area contributed by atoms with Gasteiger partial charge in [-0.2, -0.15) is 0 Å². The van der Waals surface area contributed by atoms with E-state index in [9.17, 15) is 29.4 Å². The molecule has 6 heterocycles. The molecule has 3 spiro atoms. The number of aliphatic hydroxyl groups excluding tert-OH is 1. The zero-order valence-electron chi connectivity index (χ0n) is 23.3. The van der Waals surface area contributed by atoms with Crippen molar-refractivity contribution < 1.29 is 53.1 Å². The van der Waals surface area contributed by atoms with Crippen LogP contribution in [0.2, 0.25) is 0 Å². The number of esters is 2. The molecule has 2 bridgehead atoms. The van der Waals surface area contributed by atoms with E-state index in [0.29, 0.717) is 0 Å². The highest BCUT2D eigenvalue weighted by Crippen LogP contribution is 2.71. The van der Waals surface area contributed by atoms with E-state index in [0.717, 1.165) is 0 Å². The number of Topliss-reactive ketones (excluding diaryl/α,β-unsaturated/α-hetero) is 2. The van der Waals surface area contributed by atoms with Crippen LogP contribution in [0, 0.1) is 35.0 Å². The Hall–Kier alpha value is -1.92. The quantitative estimate of drug-likeness (QED) is 0.400. The molecule has 6 aliphatic heterocycles. The second kappa shape index (κ2) is 6.99. The van der Waals surface area contributed by atoms with Crippen molar-refractivity contribution in [1.29, 1.82) is 0 Å². The van der Waals surface area contributed by atoms with Crippen LogP contribution in [0.4, 0.5) is 0 Å². The molecule has 11 heteroatoms. The van der Waals surface area contributed by atoms with Gasteiger partial charge in [0.2, 0.25) is 11.6 Å². The van der Waals surface area contributed by atoms with Crippen LogP contribution in [0.15, 0.2) is 0 Å². The van der Waals surface area contributed by atoms with Crippen LogP contribution in [-0.2, 0) is 42.9 Å². The number of rotatable bonds is 0. The van der Waals surface area contributed by atoms with Crippen molar-refractivity contribution in [2.45, 2.75) is 119 Å². The van der Waals surface area contributed by atoms with Gasteiger partial charge in [0.1, 0.15) is 29.5 Å². The van der Waals surface area contributed by atoms with Crippen LogP contribution < -0.4 is 0 Å². The average Bonchev–Trinajstić information content (AvgIpc) is 3.44. The number of ether oxygens (including phenoxy) is 5. The van der Waals surface area contributed by atoms with Gasteiger partial charge in [-0.05, 0) is 47.0 Å². The maximum absolute atomic E-state index is 14.8. The molecule has 0 aromatic rings. The molecule has 0 amide bonds. The van der Waals surface area contributed by atoms with Crippen molar-refractivity contribution in [2.24, 2.45) is 35.0 Å². The van der Waals surface area contributed by atoms with Crippen LogP contribution in [0.3, 0.4) is 0 Å². The second-order valence-corrected chi connectivity index (χ2v) is 14.7. The molecule has 8 rings (SSSR count).